The minimum absolute atomic E-state index is 0.0195. The molecule has 0 atom stereocenters. The van der Waals surface area contributed by atoms with Crippen LogP contribution in [0.15, 0.2) is 53.9 Å². The van der Waals surface area contributed by atoms with Crippen molar-refractivity contribution in [3.63, 3.8) is 0 Å². The first kappa shape index (κ1) is 18.3. The SMILES string of the molecule is Cc1cccc(C(=O)Nc2nnc(CC(=O)N/N=C/c3ccncc3)s2)c1. The Kier molecular flexibility index (Phi) is 5.95. The highest BCUT2D eigenvalue weighted by Crippen LogP contribution is 2.17. The Hall–Kier alpha value is -3.46. The molecule has 0 fully saturated rings. The second kappa shape index (κ2) is 8.77. The molecule has 0 radical (unpaired) electrons. The van der Waals surface area contributed by atoms with Crippen LogP contribution in [0.25, 0.3) is 0 Å². The van der Waals surface area contributed by atoms with Gasteiger partial charge in [0.15, 0.2) is 0 Å². The summed E-state index contributed by atoms with van der Waals surface area (Å²) in [6.45, 7) is 1.91. The first-order chi connectivity index (χ1) is 13.1. The Morgan fingerprint density at radius 3 is 2.78 bits per heavy atom. The maximum Gasteiger partial charge on any atom is 0.257 e. The van der Waals surface area contributed by atoms with Crippen LogP contribution in [0.2, 0.25) is 0 Å². The Labute approximate surface area is 159 Å². The van der Waals surface area contributed by atoms with Crippen molar-refractivity contribution in [2.75, 3.05) is 5.32 Å². The van der Waals surface area contributed by atoms with Gasteiger partial charge in [0.05, 0.1) is 12.6 Å². The van der Waals surface area contributed by atoms with Gasteiger partial charge in [-0.2, -0.15) is 5.10 Å². The molecule has 2 amide bonds. The molecule has 27 heavy (non-hydrogen) atoms. The van der Waals surface area contributed by atoms with Crippen molar-refractivity contribution in [3.8, 4) is 0 Å². The zero-order chi connectivity index (χ0) is 19.1. The largest absolute Gasteiger partial charge is 0.296 e. The number of benzene rings is 1. The number of carbonyl (C=O) groups is 2. The van der Waals surface area contributed by atoms with Crippen molar-refractivity contribution in [1.82, 2.24) is 20.6 Å². The van der Waals surface area contributed by atoms with Crippen LogP contribution >= 0.6 is 11.3 Å². The van der Waals surface area contributed by atoms with E-state index in [4.69, 9.17) is 0 Å². The molecule has 0 spiro atoms. The summed E-state index contributed by atoms with van der Waals surface area (Å²) in [5.41, 5.74) is 4.77. The topological polar surface area (TPSA) is 109 Å². The number of aromatic nitrogens is 3. The van der Waals surface area contributed by atoms with Crippen molar-refractivity contribution in [3.05, 3.63) is 70.5 Å². The number of rotatable bonds is 6. The molecule has 2 heterocycles. The van der Waals surface area contributed by atoms with Crippen LogP contribution in [0.3, 0.4) is 0 Å². The molecule has 2 aromatic heterocycles. The lowest BCUT2D eigenvalue weighted by atomic mass is 10.1. The van der Waals surface area contributed by atoms with E-state index < -0.39 is 0 Å². The standard InChI is InChI=1S/C18H16N6O2S/c1-12-3-2-4-14(9-12)17(26)21-18-24-23-16(27-18)10-15(25)22-20-11-13-5-7-19-8-6-13/h2-9,11H,10H2,1H3,(H,22,25)(H,21,24,26)/b20-11+. The third kappa shape index (κ3) is 5.51. The molecule has 0 bridgehead atoms. The van der Waals surface area contributed by atoms with Crippen LogP contribution in [0.4, 0.5) is 5.13 Å². The van der Waals surface area contributed by atoms with Crippen LogP contribution < -0.4 is 10.7 Å². The first-order valence-electron chi connectivity index (χ1n) is 8.02. The molecule has 0 unspecified atom stereocenters. The second-order valence-electron chi connectivity index (χ2n) is 5.58. The second-order valence-corrected chi connectivity index (χ2v) is 6.64. The summed E-state index contributed by atoms with van der Waals surface area (Å²) in [5.74, 6) is -0.596. The molecule has 9 heteroatoms. The number of aryl methyl sites for hydroxylation is 1. The Bertz CT molecular complexity index is 971. The van der Waals surface area contributed by atoms with Gasteiger partial charge in [0.1, 0.15) is 5.01 Å². The minimum Gasteiger partial charge on any atom is -0.296 e. The van der Waals surface area contributed by atoms with Crippen molar-refractivity contribution in [1.29, 1.82) is 0 Å². The van der Waals surface area contributed by atoms with Crippen molar-refractivity contribution in [2.45, 2.75) is 13.3 Å². The van der Waals surface area contributed by atoms with Crippen LogP contribution in [0, 0.1) is 6.92 Å². The summed E-state index contributed by atoms with van der Waals surface area (Å²) < 4.78 is 0. The van der Waals surface area contributed by atoms with Gasteiger partial charge in [-0.25, -0.2) is 5.43 Å². The summed E-state index contributed by atoms with van der Waals surface area (Å²) >= 11 is 1.14. The van der Waals surface area contributed by atoms with Crippen LogP contribution in [0.1, 0.15) is 26.5 Å². The van der Waals surface area contributed by atoms with E-state index in [1.807, 2.05) is 19.1 Å². The number of amides is 2. The van der Waals surface area contributed by atoms with Gasteiger partial charge in [0, 0.05) is 18.0 Å². The highest BCUT2D eigenvalue weighted by atomic mass is 32.1. The maximum atomic E-state index is 12.2. The quantitative estimate of drug-likeness (QED) is 0.503. The fourth-order valence-corrected chi connectivity index (χ4v) is 2.87. The number of anilines is 1. The van der Waals surface area contributed by atoms with E-state index in [2.05, 4.69) is 31.0 Å². The third-order valence-corrected chi connectivity index (χ3v) is 4.23. The lowest BCUT2D eigenvalue weighted by Gasteiger charge is -2.01. The van der Waals surface area contributed by atoms with Crippen molar-refractivity contribution < 1.29 is 9.59 Å². The average molecular weight is 380 g/mol. The summed E-state index contributed by atoms with van der Waals surface area (Å²) in [5, 5.41) is 15.2. The predicted molar refractivity (Wildman–Crippen MR) is 103 cm³/mol. The van der Waals surface area contributed by atoms with Crippen molar-refractivity contribution >= 4 is 34.5 Å². The molecule has 136 valence electrons. The molecule has 0 aliphatic rings. The molecule has 0 aliphatic carbocycles. The Morgan fingerprint density at radius 2 is 2.00 bits per heavy atom. The van der Waals surface area contributed by atoms with Gasteiger partial charge in [0.2, 0.25) is 11.0 Å². The highest BCUT2D eigenvalue weighted by molar-refractivity contribution is 7.15. The number of carbonyl (C=O) groups excluding carboxylic acids is 2. The monoisotopic (exact) mass is 380 g/mol. The summed E-state index contributed by atoms with van der Waals surface area (Å²) in [4.78, 5) is 28.0. The molecule has 1 aromatic carbocycles. The summed E-state index contributed by atoms with van der Waals surface area (Å²) in [6, 6.07) is 10.8. The van der Waals surface area contributed by atoms with E-state index in [0.29, 0.717) is 15.7 Å². The third-order valence-electron chi connectivity index (χ3n) is 3.39. The van der Waals surface area contributed by atoms with E-state index in [1.54, 1.807) is 36.7 Å². The molecule has 2 N–H and O–H groups in total. The Balaban J connectivity index is 1.52. The van der Waals surface area contributed by atoms with E-state index in [0.717, 1.165) is 22.5 Å². The fourth-order valence-electron chi connectivity index (χ4n) is 2.14. The predicted octanol–water partition coefficient (Wildman–Crippen LogP) is 2.19. The lowest BCUT2D eigenvalue weighted by Crippen LogP contribution is -2.19. The van der Waals surface area contributed by atoms with Gasteiger partial charge >= 0.3 is 0 Å². The molecular formula is C18H16N6O2S. The zero-order valence-electron chi connectivity index (χ0n) is 14.4. The van der Waals surface area contributed by atoms with Gasteiger partial charge in [-0.15, -0.1) is 10.2 Å². The van der Waals surface area contributed by atoms with E-state index in [9.17, 15) is 9.59 Å². The van der Waals surface area contributed by atoms with E-state index >= 15 is 0 Å². The van der Waals surface area contributed by atoms with E-state index in [-0.39, 0.29) is 18.2 Å². The molecule has 3 aromatic rings. The van der Waals surface area contributed by atoms with Crippen molar-refractivity contribution in [2.24, 2.45) is 5.10 Å². The number of nitrogens with one attached hydrogen (secondary N) is 2. The van der Waals surface area contributed by atoms with Gasteiger partial charge < -0.3 is 0 Å². The minimum atomic E-state index is -0.326. The first-order valence-corrected chi connectivity index (χ1v) is 8.84. The number of nitrogens with zero attached hydrogens (tertiary/aromatic N) is 4. The van der Waals surface area contributed by atoms with E-state index in [1.165, 1.54) is 6.21 Å². The lowest BCUT2D eigenvalue weighted by molar-refractivity contribution is -0.120. The molecule has 3 rings (SSSR count). The number of hydrazone groups is 1. The van der Waals surface area contributed by atoms with Crippen LogP contribution in [-0.4, -0.2) is 33.2 Å². The molecular weight excluding hydrogens is 364 g/mol. The maximum absolute atomic E-state index is 12.2. The highest BCUT2D eigenvalue weighted by Gasteiger charge is 2.12. The molecule has 8 nitrogen and oxygen atoms in total. The van der Waals surface area contributed by atoms with Gasteiger partial charge in [-0.1, -0.05) is 29.0 Å². The zero-order valence-corrected chi connectivity index (χ0v) is 15.2. The summed E-state index contributed by atoms with van der Waals surface area (Å²) in [6.07, 6.45) is 4.81. The molecule has 0 aliphatic heterocycles. The molecule has 0 saturated heterocycles. The Morgan fingerprint density at radius 1 is 1.19 bits per heavy atom. The van der Waals surface area contributed by atoms with Gasteiger partial charge in [-0.05, 0) is 36.8 Å². The van der Waals surface area contributed by atoms with Gasteiger partial charge in [-0.3, -0.25) is 19.9 Å². The number of hydrogen-bond acceptors (Lipinski definition) is 7. The number of pyridine rings is 1. The normalized spacial score (nSPS) is 10.7. The van der Waals surface area contributed by atoms with Crippen LogP contribution in [0.5, 0.6) is 0 Å². The smallest absolute Gasteiger partial charge is 0.257 e. The number of hydrogen-bond donors (Lipinski definition) is 2. The van der Waals surface area contributed by atoms with Crippen LogP contribution in [-0.2, 0) is 11.2 Å². The fraction of sp³-hybridized carbons (Fsp3) is 0.111. The average Bonchev–Trinajstić information content (AvgIpc) is 3.09. The summed E-state index contributed by atoms with van der Waals surface area (Å²) in [7, 11) is 0. The van der Waals surface area contributed by atoms with Gasteiger partial charge in [0.25, 0.3) is 5.91 Å². The molecule has 0 saturated carbocycles.